The molecule has 0 saturated heterocycles. The predicted octanol–water partition coefficient (Wildman–Crippen LogP) is 4.18. The lowest BCUT2D eigenvalue weighted by Crippen LogP contribution is -2.31. The topological polar surface area (TPSA) is 92.3 Å². The average Bonchev–Trinajstić information content (AvgIpc) is 2.80. The molecule has 0 spiro atoms. The monoisotopic (exact) mass is 458 g/mol. The number of hydrogen-bond acceptors (Lipinski definition) is 4. The summed E-state index contributed by atoms with van der Waals surface area (Å²) in [7, 11) is -4.91. The first-order chi connectivity index (χ1) is 15.3. The normalized spacial score (nSPS) is 12.2. The molecule has 166 valence electrons. The molecule has 3 rings (SSSR count). The molecule has 0 aliphatic heterocycles. The van der Waals surface area contributed by atoms with Gasteiger partial charge in [-0.15, -0.1) is 0 Å². The lowest BCUT2D eigenvalue weighted by Gasteiger charge is -2.20. The highest BCUT2D eigenvalue weighted by atomic mass is 32.2. The van der Waals surface area contributed by atoms with Crippen molar-refractivity contribution in [2.24, 2.45) is 0 Å². The molecule has 0 fully saturated rings. The quantitative estimate of drug-likeness (QED) is 0.530. The third-order valence-corrected chi connectivity index (χ3v) is 6.07. The molecular weight excluding hydrogens is 438 g/mol. The van der Waals surface area contributed by atoms with Crippen molar-refractivity contribution >= 4 is 27.3 Å². The number of para-hydroxylation sites is 1. The summed E-state index contributed by atoms with van der Waals surface area (Å²) in [4.78, 5) is 24.7. The van der Waals surface area contributed by atoms with Gasteiger partial charge in [0, 0.05) is 5.56 Å². The Hall–Kier alpha value is -3.59. The van der Waals surface area contributed by atoms with Crippen LogP contribution < -0.4 is 10.6 Å². The maximum Gasteiger partial charge on any atom is 0.341 e. The minimum absolute atomic E-state index is 0.244. The van der Waals surface area contributed by atoms with Crippen molar-refractivity contribution < 1.29 is 26.8 Å². The van der Waals surface area contributed by atoms with Crippen LogP contribution in [0, 0.1) is 0 Å². The van der Waals surface area contributed by atoms with E-state index in [2.05, 4.69) is 10.6 Å². The highest BCUT2D eigenvalue weighted by Crippen LogP contribution is 2.27. The molecule has 1 unspecified atom stereocenters. The molecule has 2 amide bonds. The number of carbonyl (C=O) groups excluding carboxylic acids is 2. The summed E-state index contributed by atoms with van der Waals surface area (Å²) in [6, 6.07) is 21.4. The molecule has 0 radical (unpaired) electrons. The number of carbonyl (C=O) groups is 2. The summed E-state index contributed by atoms with van der Waals surface area (Å²) in [5, 5.41) is 5.17. The Morgan fingerprint density at radius 1 is 0.812 bits per heavy atom. The third-order valence-electron chi connectivity index (χ3n) is 4.64. The van der Waals surface area contributed by atoms with E-state index in [4.69, 9.17) is 0 Å². The van der Waals surface area contributed by atoms with Crippen LogP contribution in [0.1, 0.15) is 28.4 Å². The van der Waals surface area contributed by atoms with E-state index in [0.29, 0.717) is 11.1 Å². The molecule has 2 N–H and O–H groups in total. The van der Waals surface area contributed by atoms with Crippen LogP contribution in [0.25, 0.3) is 0 Å². The molecule has 6 nitrogen and oxygen atoms in total. The highest BCUT2D eigenvalue weighted by Gasteiger charge is 2.30. The van der Waals surface area contributed by atoms with Crippen molar-refractivity contribution in [3.63, 3.8) is 0 Å². The Morgan fingerprint density at radius 2 is 1.38 bits per heavy atom. The van der Waals surface area contributed by atoms with E-state index in [-0.39, 0.29) is 12.1 Å². The van der Waals surface area contributed by atoms with Crippen LogP contribution in [-0.4, -0.2) is 26.0 Å². The van der Waals surface area contributed by atoms with E-state index in [0.717, 1.165) is 6.07 Å². The number of sulfone groups is 1. The number of alkyl halides is 2. The first-order valence-electron chi connectivity index (χ1n) is 9.61. The zero-order valence-electron chi connectivity index (χ0n) is 16.7. The summed E-state index contributed by atoms with van der Waals surface area (Å²) in [5.74, 6) is -4.67. The standard InChI is InChI=1S/C23H20F2N2O4S/c24-23(25)32(30,31)20-14-8-7-13-18(20)26-21(28)15-19(16-9-3-1-4-10-16)27-22(29)17-11-5-2-6-12-17/h1-14,19,23H,15H2,(H,26,28)(H,27,29). The highest BCUT2D eigenvalue weighted by molar-refractivity contribution is 7.91. The van der Waals surface area contributed by atoms with Crippen LogP contribution in [0.15, 0.2) is 89.8 Å². The van der Waals surface area contributed by atoms with Crippen molar-refractivity contribution in [2.45, 2.75) is 23.1 Å². The van der Waals surface area contributed by atoms with Gasteiger partial charge in [0.05, 0.1) is 23.0 Å². The lowest BCUT2D eigenvalue weighted by atomic mass is 10.0. The Balaban J connectivity index is 1.82. The molecule has 0 bridgehead atoms. The number of amides is 2. The smallest absolute Gasteiger partial charge is 0.341 e. The van der Waals surface area contributed by atoms with Crippen LogP contribution in [0.3, 0.4) is 0 Å². The van der Waals surface area contributed by atoms with Crippen molar-refractivity contribution in [1.82, 2.24) is 5.32 Å². The zero-order chi connectivity index (χ0) is 23.1. The maximum absolute atomic E-state index is 13.0. The molecular formula is C23H20F2N2O4S. The summed E-state index contributed by atoms with van der Waals surface area (Å²) < 4.78 is 49.9. The Bertz CT molecular complexity index is 1190. The fourth-order valence-electron chi connectivity index (χ4n) is 3.07. The van der Waals surface area contributed by atoms with Gasteiger partial charge in [0.15, 0.2) is 0 Å². The fourth-order valence-corrected chi connectivity index (χ4v) is 3.96. The van der Waals surface area contributed by atoms with Gasteiger partial charge in [-0.25, -0.2) is 8.42 Å². The Labute approximate surface area is 184 Å². The first kappa shape index (κ1) is 23.1. The van der Waals surface area contributed by atoms with Crippen molar-refractivity contribution in [1.29, 1.82) is 0 Å². The largest absolute Gasteiger partial charge is 0.345 e. The minimum Gasteiger partial charge on any atom is -0.345 e. The molecule has 32 heavy (non-hydrogen) atoms. The van der Waals surface area contributed by atoms with Crippen LogP contribution in [0.5, 0.6) is 0 Å². The van der Waals surface area contributed by atoms with E-state index in [1.165, 1.54) is 18.2 Å². The van der Waals surface area contributed by atoms with Crippen molar-refractivity contribution in [3.05, 3.63) is 96.1 Å². The van der Waals surface area contributed by atoms with Crippen molar-refractivity contribution in [2.75, 3.05) is 5.32 Å². The van der Waals surface area contributed by atoms with Crippen molar-refractivity contribution in [3.8, 4) is 0 Å². The second-order valence-electron chi connectivity index (χ2n) is 6.86. The molecule has 0 aliphatic carbocycles. The van der Waals surface area contributed by atoms with Gasteiger partial charge in [0.2, 0.25) is 15.7 Å². The van der Waals surface area contributed by atoms with Gasteiger partial charge in [-0.3, -0.25) is 9.59 Å². The van der Waals surface area contributed by atoms with Gasteiger partial charge in [-0.1, -0.05) is 60.7 Å². The second kappa shape index (κ2) is 10.1. The van der Waals surface area contributed by atoms with E-state index < -0.39 is 38.3 Å². The van der Waals surface area contributed by atoms with E-state index >= 15 is 0 Å². The maximum atomic E-state index is 13.0. The van der Waals surface area contributed by atoms with Crippen LogP contribution >= 0.6 is 0 Å². The summed E-state index contributed by atoms with van der Waals surface area (Å²) >= 11 is 0. The van der Waals surface area contributed by atoms with Gasteiger partial charge >= 0.3 is 5.76 Å². The number of benzene rings is 3. The van der Waals surface area contributed by atoms with Gasteiger partial charge in [0.1, 0.15) is 0 Å². The molecule has 0 heterocycles. The molecule has 3 aromatic carbocycles. The molecule has 3 aromatic rings. The molecule has 0 aromatic heterocycles. The molecule has 1 atom stereocenters. The van der Waals surface area contributed by atoms with Gasteiger partial charge < -0.3 is 10.6 Å². The number of anilines is 1. The minimum atomic E-state index is -4.91. The Morgan fingerprint density at radius 3 is 2.00 bits per heavy atom. The van der Waals surface area contributed by atoms with E-state index in [9.17, 15) is 26.8 Å². The molecule has 9 heteroatoms. The van der Waals surface area contributed by atoms with Gasteiger partial charge in [-0.2, -0.15) is 8.78 Å². The Kier molecular flexibility index (Phi) is 7.32. The molecule has 0 saturated carbocycles. The number of hydrogen-bond donors (Lipinski definition) is 2. The summed E-state index contributed by atoms with van der Waals surface area (Å²) in [6.07, 6.45) is -0.244. The summed E-state index contributed by atoms with van der Waals surface area (Å²) in [5.41, 5.74) is 0.807. The number of halogens is 2. The number of rotatable bonds is 8. The first-order valence-corrected chi connectivity index (χ1v) is 11.2. The van der Waals surface area contributed by atoms with Crippen LogP contribution in [0.2, 0.25) is 0 Å². The summed E-state index contributed by atoms with van der Waals surface area (Å²) in [6.45, 7) is 0. The number of nitrogens with one attached hydrogen (secondary N) is 2. The van der Waals surface area contributed by atoms with Gasteiger partial charge in [0.25, 0.3) is 5.91 Å². The zero-order valence-corrected chi connectivity index (χ0v) is 17.6. The fraction of sp³-hybridized carbons (Fsp3) is 0.130. The predicted molar refractivity (Wildman–Crippen MR) is 116 cm³/mol. The van der Waals surface area contributed by atoms with E-state index in [1.807, 2.05) is 0 Å². The average molecular weight is 458 g/mol. The van der Waals surface area contributed by atoms with Gasteiger partial charge in [-0.05, 0) is 29.8 Å². The second-order valence-corrected chi connectivity index (χ2v) is 8.74. The third kappa shape index (κ3) is 5.55. The van der Waals surface area contributed by atoms with E-state index in [1.54, 1.807) is 60.7 Å². The van der Waals surface area contributed by atoms with Crippen LogP contribution in [-0.2, 0) is 14.6 Å². The lowest BCUT2D eigenvalue weighted by molar-refractivity contribution is -0.116. The SMILES string of the molecule is O=C(CC(NC(=O)c1ccccc1)c1ccccc1)Nc1ccccc1S(=O)(=O)C(F)F. The van der Waals surface area contributed by atoms with Crippen LogP contribution in [0.4, 0.5) is 14.5 Å². The molecule has 0 aliphatic rings.